The molecule has 1 aromatic carbocycles. The van der Waals surface area contributed by atoms with Gasteiger partial charge in [0, 0.05) is 43.1 Å². The molecule has 14 heteroatoms. The molecule has 0 spiro atoms. The number of methoxy groups -OCH3 is 1. The number of nitrogens with zero attached hydrogens (tertiary/aromatic N) is 6. The molecule has 0 radical (unpaired) electrons. The van der Waals surface area contributed by atoms with E-state index in [-0.39, 0.29) is 19.2 Å². The summed E-state index contributed by atoms with van der Waals surface area (Å²) in [5.74, 6) is 1.45. The number of ether oxygens (including phenoxy) is 3. The van der Waals surface area contributed by atoms with Gasteiger partial charge in [0.25, 0.3) is 12.3 Å². The quantitative estimate of drug-likeness (QED) is 0.331. The molecule has 2 aromatic heterocycles. The number of benzene rings is 1. The molecule has 3 aliphatic rings. The summed E-state index contributed by atoms with van der Waals surface area (Å²) in [6.45, 7) is 4.06. The van der Waals surface area contributed by atoms with Crippen molar-refractivity contribution in [2.75, 3.05) is 51.8 Å². The van der Waals surface area contributed by atoms with Crippen LogP contribution in [0, 0.1) is 11.3 Å². The molecule has 0 unspecified atom stereocenters. The molecule has 12 nitrogen and oxygen atoms in total. The molecule has 0 aliphatic carbocycles. The van der Waals surface area contributed by atoms with Crippen LogP contribution in [0.3, 0.4) is 0 Å². The highest BCUT2D eigenvalue weighted by molar-refractivity contribution is 5.81. The van der Waals surface area contributed by atoms with Gasteiger partial charge in [-0.05, 0) is 62.2 Å². The van der Waals surface area contributed by atoms with Crippen LogP contribution in [0.5, 0.6) is 11.6 Å². The summed E-state index contributed by atoms with van der Waals surface area (Å²) >= 11 is 0. The van der Waals surface area contributed by atoms with Crippen LogP contribution in [0.25, 0.3) is 11.3 Å². The number of pyridine rings is 1. The summed E-state index contributed by atoms with van der Waals surface area (Å²) in [4.78, 5) is 29.2. The first-order valence-electron chi connectivity index (χ1n) is 15.7. The molecule has 0 bridgehead atoms. The van der Waals surface area contributed by atoms with Crippen molar-refractivity contribution in [3.05, 3.63) is 53.9 Å². The fourth-order valence-corrected chi connectivity index (χ4v) is 6.27. The number of alkyl halides is 2. The molecule has 6 rings (SSSR count). The molecule has 0 saturated carbocycles. The maximum Gasteiger partial charge on any atom is 0.273 e. The van der Waals surface area contributed by atoms with Gasteiger partial charge in [0.05, 0.1) is 37.6 Å². The molecule has 248 valence electrons. The summed E-state index contributed by atoms with van der Waals surface area (Å²) in [7, 11) is 1.63. The lowest BCUT2D eigenvalue weighted by Gasteiger charge is -2.41. The summed E-state index contributed by atoms with van der Waals surface area (Å²) < 4.78 is 42.5. The van der Waals surface area contributed by atoms with E-state index in [1.807, 2.05) is 6.07 Å². The zero-order valence-electron chi connectivity index (χ0n) is 26.0. The van der Waals surface area contributed by atoms with E-state index in [9.17, 15) is 23.9 Å². The zero-order chi connectivity index (χ0) is 32.9. The Morgan fingerprint density at radius 1 is 1.06 bits per heavy atom. The van der Waals surface area contributed by atoms with Gasteiger partial charge < -0.3 is 29.5 Å². The van der Waals surface area contributed by atoms with Crippen molar-refractivity contribution in [2.45, 2.75) is 56.3 Å². The minimum atomic E-state index is -3.13. The van der Waals surface area contributed by atoms with Crippen molar-refractivity contribution in [1.82, 2.24) is 24.8 Å². The number of likely N-dealkylation sites (tertiary alicyclic amines) is 2. The molecule has 1 amide bonds. The number of aliphatic hydroxyl groups excluding tert-OH is 1. The van der Waals surface area contributed by atoms with Crippen molar-refractivity contribution < 1.29 is 32.9 Å². The predicted octanol–water partition coefficient (Wildman–Crippen LogP) is 3.74. The molecule has 2 N–H and O–H groups in total. The highest BCUT2D eigenvalue weighted by Gasteiger charge is 2.33. The van der Waals surface area contributed by atoms with E-state index < -0.39 is 18.4 Å². The molecular weight excluding hydrogens is 612 g/mol. The Kier molecular flexibility index (Phi) is 10.1. The highest BCUT2D eigenvalue weighted by Crippen LogP contribution is 2.36. The van der Waals surface area contributed by atoms with Gasteiger partial charge in [-0.25, -0.2) is 18.7 Å². The molecule has 47 heavy (non-hydrogen) atoms. The third kappa shape index (κ3) is 7.43. The van der Waals surface area contributed by atoms with Crippen molar-refractivity contribution in [2.24, 2.45) is 0 Å². The smallest absolute Gasteiger partial charge is 0.273 e. The van der Waals surface area contributed by atoms with Gasteiger partial charge in [0.15, 0.2) is 6.10 Å². The molecule has 3 aromatic rings. The molecule has 3 aliphatic heterocycles. The van der Waals surface area contributed by atoms with E-state index in [0.717, 1.165) is 44.7 Å². The standard InChI is InChI=1S/C33H37F2N7O5/c1-45-32-25(20-6-10-41(11-7-20)23-17-46-18-23)3-5-28(40-32)39-29-15-26(37-19-38-29)21-2-4-27(22(14-21)16-36)47-24-8-12-42(13-9-24)33(44)30(43)31(34)35/h2-5,14-15,19-20,23-24,30-31,43H,6-13,17-18H2,1H3,(H,37,38,39,40)/t30-/m0/s1. The average molecular weight is 650 g/mol. The van der Waals surface area contributed by atoms with E-state index in [0.29, 0.717) is 64.9 Å². The fourth-order valence-electron chi connectivity index (χ4n) is 6.27. The van der Waals surface area contributed by atoms with Crippen LogP contribution in [-0.2, 0) is 9.53 Å². The first kappa shape index (κ1) is 32.5. The predicted molar refractivity (Wildman–Crippen MR) is 167 cm³/mol. The Labute approximate surface area is 271 Å². The number of anilines is 2. The molecule has 5 heterocycles. The van der Waals surface area contributed by atoms with Gasteiger partial charge >= 0.3 is 0 Å². The molecular formula is C33H37F2N7O5. The number of rotatable bonds is 10. The van der Waals surface area contributed by atoms with Gasteiger partial charge in [-0.1, -0.05) is 0 Å². The second-order valence-electron chi connectivity index (χ2n) is 12.0. The molecule has 3 saturated heterocycles. The maximum atomic E-state index is 12.7. The van der Waals surface area contributed by atoms with Crippen LogP contribution >= 0.6 is 0 Å². The number of aliphatic hydroxyl groups is 1. The van der Waals surface area contributed by atoms with Gasteiger partial charge in [0.2, 0.25) is 5.88 Å². The maximum absolute atomic E-state index is 12.7. The van der Waals surface area contributed by atoms with E-state index in [1.54, 1.807) is 31.4 Å². The highest BCUT2D eigenvalue weighted by atomic mass is 19.3. The van der Waals surface area contributed by atoms with Crippen LogP contribution < -0.4 is 14.8 Å². The normalized spacial score (nSPS) is 18.8. The first-order valence-corrected chi connectivity index (χ1v) is 15.7. The van der Waals surface area contributed by atoms with E-state index >= 15 is 0 Å². The van der Waals surface area contributed by atoms with Gasteiger partial charge in [-0.15, -0.1) is 0 Å². The Morgan fingerprint density at radius 3 is 2.49 bits per heavy atom. The minimum Gasteiger partial charge on any atom is -0.489 e. The number of aromatic nitrogens is 3. The van der Waals surface area contributed by atoms with Gasteiger partial charge in [-0.3, -0.25) is 9.69 Å². The van der Waals surface area contributed by atoms with E-state index in [1.165, 1.54) is 11.2 Å². The second kappa shape index (κ2) is 14.5. The topological polar surface area (TPSA) is 146 Å². The van der Waals surface area contributed by atoms with Crippen LogP contribution in [-0.4, -0.2) is 107 Å². The third-order valence-electron chi connectivity index (χ3n) is 9.05. The van der Waals surface area contributed by atoms with Gasteiger partial charge in [0.1, 0.15) is 35.9 Å². The number of piperidine rings is 2. The van der Waals surface area contributed by atoms with Crippen LogP contribution in [0.4, 0.5) is 20.4 Å². The number of carbonyl (C=O) groups excluding carboxylic acids is 1. The Balaban J connectivity index is 1.08. The van der Waals surface area contributed by atoms with Crippen molar-refractivity contribution in [3.63, 3.8) is 0 Å². The number of halogens is 2. The number of nitriles is 1. The van der Waals surface area contributed by atoms with Gasteiger partial charge in [-0.2, -0.15) is 10.2 Å². The monoisotopic (exact) mass is 649 g/mol. The average Bonchev–Trinajstić information content (AvgIpc) is 3.07. The summed E-state index contributed by atoms with van der Waals surface area (Å²) in [5.41, 5.74) is 2.67. The van der Waals surface area contributed by atoms with Crippen LogP contribution in [0.1, 0.15) is 42.7 Å². The number of amides is 1. The van der Waals surface area contributed by atoms with Crippen LogP contribution in [0.2, 0.25) is 0 Å². The third-order valence-corrected chi connectivity index (χ3v) is 9.05. The molecule has 1 atom stereocenters. The van der Waals surface area contributed by atoms with Crippen molar-refractivity contribution in [1.29, 1.82) is 5.26 Å². The summed E-state index contributed by atoms with van der Waals surface area (Å²) in [5, 5.41) is 22.5. The first-order chi connectivity index (χ1) is 22.8. The lowest BCUT2D eigenvalue weighted by atomic mass is 9.89. The largest absolute Gasteiger partial charge is 0.489 e. The second-order valence-corrected chi connectivity index (χ2v) is 12.0. The lowest BCUT2D eigenvalue weighted by Crippen LogP contribution is -2.51. The van der Waals surface area contributed by atoms with Crippen molar-refractivity contribution in [3.8, 4) is 29.0 Å². The van der Waals surface area contributed by atoms with Crippen LogP contribution in [0.15, 0.2) is 42.7 Å². The summed E-state index contributed by atoms with van der Waals surface area (Å²) in [6.07, 6.45) is -1.50. The van der Waals surface area contributed by atoms with Crippen molar-refractivity contribution >= 4 is 17.5 Å². The summed E-state index contributed by atoms with van der Waals surface area (Å²) in [6, 6.07) is 13.6. The number of nitrogens with one attached hydrogen (secondary N) is 1. The number of carbonyl (C=O) groups is 1. The minimum absolute atomic E-state index is 0.170. The Morgan fingerprint density at radius 2 is 1.83 bits per heavy atom. The molecule has 3 fully saturated rings. The number of hydrogen-bond acceptors (Lipinski definition) is 11. The zero-order valence-corrected chi connectivity index (χ0v) is 26.0. The number of hydrogen-bond donors (Lipinski definition) is 2. The fraction of sp³-hybridized carbons (Fsp3) is 0.485. The Hall–Kier alpha value is -4.45. The lowest BCUT2D eigenvalue weighted by molar-refractivity contribution is -0.150. The van der Waals surface area contributed by atoms with E-state index in [4.69, 9.17) is 19.2 Å². The van der Waals surface area contributed by atoms with E-state index in [2.05, 4.69) is 32.3 Å². The Bertz CT molecular complexity index is 1600. The SMILES string of the molecule is COc1nc(Nc2cc(-c3ccc(OC4CCN(C(=O)[C@@H](O)C(F)F)CC4)c(C#N)c3)ncn2)ccc1C1CCN(C2COC2)CC1.